The van der Waals surface area contributed by atoms with Crippen molar-refractivity contribution in [3.05, 3.63) is 48.5 Å². The molecule has 6 nitrogen and oxygen atoms in total. The predicted octanol–water partition coefficient (Wildman–Crippen LogP) is -0.251. The van der Waals surface area contributed by atoms with E-state index in [1.54, 1.807) is 6.07 Å². The Morgan fingerprint density at radius 2 is 1.75 bits per heavy atom. The van der Waals surface area contributed by atoms with E-state index in [9.17, 15) is 8.42 Å². The number of nitrogen functional groups attached to an aromatic ring is 1. The normalized spacial score (nSPS) is 11.1. The standard InChI is InChI=1S/C12H13BN2O4S/c14-10-4-2-6-12(8-10)20(18,19)15-11-5-1-3-9(7-11)13(16)17/h1-8,15-17H,14H2. The Bertz CT molecular complexity index is 719. The van der Waals surface area contributed by atoms with Gasteiger partial charge in [0.05, 0.1) is 4.90 Å². The van der Waals surface area contributed by atoms with Crippen LogP contribution in [-0.2, 0) is 10.0 Å². The van der Waals surface area contributed by atoms with Crippen molar-refractivity contribution in [1.82, 2.24) is 0 Å². The molecule has 0 aliphatic heterocycles. The monoisotopic (exact) mass is 292 g/mol. The van der Waals surface area contributed by atoms with Crippen molar-refractivity contribution in [1.29, 1.82) is 0 Å². The Morgan fingerprint density at radius 1 is 1.05 bits per heavy atom. The molecule has 0 aromatic heterocycles. The highest BCUT2D eigenvalue weighted by molar-refractivity contribution is 7.92. The van der Waals surface area contributed by atoms with Crippen molar-refractivity contribution in [2.24, 2.45) is 0 Å². The number of hydrogen-bond acceptors (Lipinski definition) is 5. The molecular weight excluding hydrogens is 279 g/mol. The highest BCUT2D eigenvalue weighted by atomic mass is 32.2. The first-order valence-electron chi connectivity index (χ1n) is 5.73. The second-order valence-corrected chi connectivity index (χ2v) is 5.86. The number of benzene rings is 2. The van der Waals surface area contributed by atoms with Crippen LogP contribution in [0.5, 0.6) is 0 Å². The van der Waals surface area contributed by atoms with Crippen LogP contribution in [0.2, 0.25) is 0 Å². The Labute approximate surface area is 117 Å². The van der Waals surface area contributed by atoms with Crippen molar-refractivity contribution in [2.45, 2.75) is 4.90 Å². The lowest BCUT2D eigenvalue weighted by atomic mass is 9.80. The molecule has 2 aromatic rings. The quantitative estimate of drug-likeness (QED) is 0.458. The summed E-state index contributed by atoms with van der Waals surface area (Å²) in [5.74, 6) is 0. The van der Waals surface area contributed by atoms with Crippen LogP contribution in [0.3, 0.4) is 0 Å². The van der Waals surface area contributed by atoms with Gasteiger partial charge in [-0.1, -0.05) is 18.2 Å². The second kappa shape index (κ2) is 5.54. The Hall–Kier alpha value is -2.03. The molecule has 104 valence electrons. The van der Waals surface area contributed by atoms with Gasteiger partial charge in [-0.2, -0.15) is 0 Å². The van der Waals surface area contributed by atoms with Gasteiger partial charge in [-0.05, 0) is 35.8 Å². The zero-order valence-corrected chi connectivity index (χ0v) is 11.2. The van der Waals surface area contributed by atoms with Crippen molar-refractivity contribution < 1.29 is 18.5 Å². The minimum absolute atomic E-state index is 0.0347. The van der Waals surface area contributed by atoms with Gasteiger partial charge in [0.15, 0.2) is 0 Å². The zero-order chi connectivity index (χ0) is 14.8. The third-order valence-electron chi connectivity index (χ3n) is 2.61. The predicted molar refractivity (Wildman–Crippen MR) is 77.9 cm³/mol. The van der Waals surface area contributed by atoms with Gasteiger partial charge in [0, 0.05) is 11.4 Å². The van der Waals surface area contributed by atoms with Gasteiger partial charge in [-0.3, -0.25) is 4.72 Å². The lowest BCUT2D eigenvalue weighted by Gasteiger charge is -2.09. The van der Waals surface area contributed by atoms with Gasteiger partial charge in [0.25, 0.3) is 10.0 Å². The number of anilines is 2. The van der Waals surface area contributed by atoms with E-state index in [1.807, 2.05) is 0 Å². The summed E-state index contributed by atoms with van der Waals surface area (Å²) in [5, 5.41) is 18.1. The maximum Gasteiger partial charge on any atom is 0.488 e. The van der Waals surface area contributed by atoms with Crippen molar-refractivity contribution in [3.63, 3.8) is 0 Å². The van der Waals surface area contributed by atoms with Crippen molar-refractivity contribution in [3.8, 4) is 0 Å². The summed E-state index contributed by atoms with van der Waals surface area (Å²) in [4.78, 5) is 0.0347. The van der Waals surface area contributed by atoms with E-state index in [-0.39, 0.29) is 16.0 Å². The van der Waals surface area contributed by atoms with Crippen LogP contribution >= 0.6 is 0 Å². The topological polar surface area (TPSA) is 113 Å². The molecule has 2 aromatic carbocycles. The fraction of sp³-hybridized carbons (Fsp3) is 0. The fourth-order valence-corrected chi connectivity index (χ4v) is 2.76. The Kier molecular flexibility index (Phi) is 3.98. The zero-order valence-electron chi connectivity index (χ0n) is 10.4. The highest BCUT2D eigenvalue weighted by Gasteiger charge is 2.16. The molecular formula is C12H13BN2O4S. The lowest BCUT2D eigenvalue weighted by molar-refractivity contribution is 0.426. The van der Waals surface area contributed by atoms with Crippen molar-refractivity contribution >= 4 is 34.0 Å². The van der Waals surface area contributed by atoms with E-state index in [0.717, 1.165) is 0 Å². The third-order valence-corrected chi connectivity index (χ3v) is 3.98. The van der Waals surface area contributed by atoms with Gasteiger partial charge in [0.1, 0.15) is 0 Å². The van der Waals surface area contributed by atoms with E-state index < -0.39 is 17.1 Å². The Morgan fingerprint density at radius 3 is 2.40 bits per heavy atom. The minimum Gasteiger partial charge on any atom is -0.423 e. The van der Waals surface area contributed by atoms with Gasteiger partial charge < -0.3 is 15.8 Å². The number of hydrogen-bond donors (Lipinski definition) is 4. The second-order valence-electron chi connectivity index (χ2n) is 4.18. The van der Waals surface area contributed by atoms with Crippen molar-refractivity contribution in [2.75, 3.05) is 10.5 Å². The molecule has 5 N–H and O–H groups in total. The fourth-order valence-electron chi connectivity index (χ4n) is 1.66. The van der Waals surface area contributed by atoms with Crippen LogP contribution in [-0.4, -0.2) is 25.6 Å². The van der Waals surface area contributed by atoms with Crippen LogP contribution in [0, 0.1) is 0 Å². The van der Waals surface area contributed by atoms with Crippen LogP contribution in [0.15, 0.2) is 53.4 Å². The summed E-state index contributed by atoms with van der Waals surface area (Å²) in [7, 11) is -5.43. The number of nitrogens with two attached hydrogens (primary N) is 1. The molecule has 8 heteroatoms. The molecule has 0 saturated carbocycles. The molecule has 0 spiro atoms. The van der Waals surface area contributed by atoms with Crippen LogP contribution < -0.4 is 15.9 Å². The van der Waals surface area contributed by atoms with E-state index in [4.69, 9.17) is 15.8 Å². The molecule has 0 saturated heterocycles. The summed E-state index contributed by atoms with van der Waals surface area (Å²) in [6.45, 7) is 0. The summed E-state index contributed by atoms with van der Waals surface area (Å²) in [5.41, 5.74) is 6.32. The first kappa shape index (κ1) is 14.4. The van der Waals surface area contributed by atoms with Gasteiger partial charge in [-0.15, -0.1) is 0 Å². The molecule has 0 amide bonds. The van der Waals surface area contributed by atoms with E-state index in [2.05, 4.69) is 4.72 Å². The molecule has 0 atom stereocenters. The highest BCUT2D eigenvalue weighted by Crippen LogP contribution is 2.17. The van der Waals surface area contributed by atoms with Gasteiger partial charge in [0.2, 0.25) is 0 Å². The van der Waals surface area contributed by atoms with Gasteiger partial charge in [-0.25, -0.2) is 8.42 Å². The molecule has 2 rings (SSSR count). The average molecular weight is 292 g/mol. The van der Waals surface area contributed by atoms with Crippen LogP contribution in [0.1, 0.15) is 0 Å². The number of nitrogens with one attached hydrogen (secondary N) is 1. The molecule has 0 radical (unpaired) electrons. The minimum atomic E-state index is -3.77. The van der Waals surface area contributed by atoms with E-state index in [0.29, 0.717) is 5.69 Å². The van der Waals surface area contributed by atoms with Crippen LogP contribution in [0.4, 0.5) is 11.4 Å². The summed E-state index contributed by atoms with van der Waals surface area (Å²) < 4.78 is 26.6. The molecule has 0 unspecified atom stereocenters. The molecule has 0 aliphatic carbocycles. The summed E-state index contributed by atoms with van der Waals surface area (Å²) in [6.07, 6.45) is 0. The first-order valence-corrected chi connectivity index (χ1v) is 7.21. The van der Waals surface area contributed by atoms with Crippen LogP contribution in [0.25, 0.3) is 0 Å². The van der Waals surface area contributed by atoms with Gasteiger partial charge >= 0.3 is 7.12 Å². The largest absolute Gasteiger partial charge is 0.488 e. The van der Waals surface area contributed by atoms with E-state index in [1.165, 1.54) is 42.5 Å². The molecule has 20 heavy (non-hydrogen) atoms. The lowest BCUT2D eigenvalue weighted by Crippen LogP contribution is -2.30. The molecule has 0 fully saturated rings. The van der Waals surface area contributed by atoms with E-state index >= 15 is 0 Å². The maximum atomic E-state index is 12.1. The summed E-state index contributed by atoms with van der Waals surface area (Å²) in [6, 6.07) is 11.7. The molecule has 0 heterocycles. The summed E-state index contributed by atoms with van der Waals surface area (Å²) >= 11 is 0. The average Bonchev–Trinajstić information content (AvgIpc) is 2.38. The third kappa shape index (κ3) is 3.29. The number of rotatable bonds is 4. The molecule has 0 aliphatic rings. The smallest absolute Gasteiger partial charge is 0.423 e. The number of sulfonamides is 1. The maximum absolute atomic E-state index is 12.1. The SMILES string of the molecule is Nc1cccc(S(=O)(=O)Nc2cccc(B(O)O)c2)c1. The Balaban J connectivity index is 2.31. The first-order chi connectivity index (χ1) is 9.38. The molecule has 0 bridgehead atoms.